The number of hydrogen-bond acceptors (Lipinski definition) is 2. The van der Waals surface area contributed by atoms with E-state index in [0.717, 1.165) is 32.2 Å². The highest BCUT2D eigenvalue weighted by atomic mass is 16.2. The van der Waals surface area contributed by atoms with E-state index in [1.807, 2.05) is 6.92 Å². The summed E-state index contributed by atoms with van der Waals surface area (Å²) in [5.74, 6) is 0.701. The Labute approximate surface area is 87.4 Å². The number of amides is 1. The number of carbonyl (C=O) groups is 1. The van der Waals surface area contributed by atoms with Gasteiger partial charge in [-0.15, -0.1) is 0 Å². The molecule has 0 aliphatic heterocycles. The number of nitrogens with two attached hydrogens (primary N) is 1. The lowest BCUT2D eigenvalue weighted by molar-refractivity contribution is -0.122. The molecule has 0 saturated heterocycles. The molecule has 0 aromatic heterocycles. The van der Waals surface area contributed by atoms with E-state index in [2.05, 4.69) is 19.2 Å². The summed E-state index contributed by atoms with van der Waals surface area (Å²) < 4.78 is 0. The third-order valence-electron chi connectivity index (χ3n) is 2.19. The first kappa shape index (κ1) is 13.4. The van der Waals surface area contributed by atoms with E-state index in [0.29, 0.717) is 5.92 Å². The van der Waals surface area contributed by atoms with Gasteiger partial charge in [0, 0.05) is 6.54 Å². The van der Waals surface area contributed by atoms with E-state index in [-0.39, 0.29) is 11.9 Å². The molecule has 3 nitrogen and oxygen atoms in total. The molecule has 0 heterocycles. The zero-order valence-corrected chi connectivity index (χ0v) is 9.68. The summed E-state index contributed by atoms with van der Waals surface area (Å²) in [6.07, 6.45) is 3.93. The zero-order valence-electron chi connectivity index (χ0n) is 9.68. The van der Waals surface area contributed by atoms with E-state index in [1.54, 1.807) is 0 Å². The van der Waals surface area contributed by atoms with Crippen molar-refractivity contribution in [1.82, 2.24) is 5.32 Å². The summed E-state index contributed by atoms with van der Waals surface area (Å²) in [5, 5.41) is 2.86. The fraction of sp³-hybridized carbons (Fsp3) is 0.909. The molecule has 0 bridgehead atoms. The maximum Gasteiger partial charge on any atom is 0.236 e. The summed E-state index contributed by atoms with van der Waals surface area (Å²) in [6.45, 7) is 7.16. The van der Waals surface area contributed by atoms with Crippen LogP contribution in [0.1, 0.15) is 46.5 Å². The van der Waals surface area contributed by atoms with Crippen molar-refractivity contribution < 1.29 is 4.79 Å². The van der Waals surface area contributed by atoms with Crippen molar-refractivity contribution in [3.8, 4) is 0 Å². The van der Waals surface area contributed by atoms with Crippen LogP contribution in [-0.2, 0) is 4.79 Å². The topological polar surface area (TPSA) is 55.1 Å². The predicted molar refractivity (Wildman–Crippen MR) is 60.0 cm³/mol. The molecule has 3 heteroatoms. The molecule has 84 valence electrons. The van der Waals surface area contributed by atoms with Gasteiger partial charge in [-0.1, -0.05) is 27.2 Å². The van der Waals surface area contributed by atoms with Crippen molar-refractivity contribution in [2.45, 2.75) is 52.5 Å². The van der Waals surface area contributed by atoms with Gasteiger partial charge in [0.1, 0.15) is 0 Å². The Morgan fingerprint density at radius 3 is 2.50 bits per heavy atom. The summed E-state index contributed by atoms with van der Waals surface area (Å²) in [4.78, 5) is 11.3. The van der Waals surface area contributed by atoms with Gasteiger partial charge in [0.15, 0.2) is 0 Å². The van der Waals surface area contributed by atoms with E-state index < -0.39 is 0 Å². The normalized spacial score (nSPS) is 12.9. The van der Waals surface area contributed by atoms with Crippen molar-refractivity contribution in [1.29, 1.82) is 0 Å². The Bertz CT molecular complexity index is 157. The molecule has 1 atom stereocenters. The largest absolute Gasteiger partial charge is 0.355 e. The lowest BCUT2D eigenvalue weighted by Crippen LogP contribution is -2.40. The van der Waals surface area contributed by atoms with Crippen LogP contribution >= 0.6 is 0 Å². The van der Waals surface area contributed by atoms with Crippen LogP contribution in [0.25, 0.3) is 0 Å². The zero-order chi connectivity index (χ0) is 11.0. The minimum absolute atomic E-state index is 0.00407. The van der Waals surface area contributed by atoms with Crippen LogP contribution in [0.2, 0.25) is 0 Å². The van der Waals surface area contributed by atoms with Crippen LogP contribution in [-0.4, -0.2) is 18.5 Å². The molecular weight excluding hydrogens is 176 g/mol. The third-order valence-corrected chi connectivity index (χ3v) is 2.19. The lowest BCUT2D eigenvalue weighted by atomic mass is 10.1. The Morgan fingerprint density at radius 1 is 1.36 bits per heavy atom. The van der Waals surface area contributed by atoms with E-state index >= 15 is 0 Å². The van der Waals surface area contributed by atoms with Gasteiger partial charge in [0.25, 0.3) is 0 Å². The van der Waals surface area contributed by atoms with Crippen molar-refractivity contribution in [3.05, 3.63) is 0 Å². The van der Waals surface area contributed by atoms with Crippen molar-refractivity contribution in [2.75, 3.05) is 6.54 Å². The monoisotopic (exact) mass is 200 g/mol. The first-order chi connectivity index (χ1) is 6.57. The van der Waals surface area contributed by atoms with Crippen molar-refractivity contribution in [2.24, 2.45) is 11.7 Å². The molecule has 14 heavy (non-hydrogen) atoms. The molecule has 0 aliphatic carbocycles. The molecule has 0 rings (SSSR count). The van der Waals surface area contributed by atoms with E-state index in [1.165, 1.54) is 0 Å². The molecule has 0 fully saturated rings. The summed E-state index contributed by atoms with van der Waals surface area (Å²) >= 11 is 0. The number of rotatable bonds is 7. The van der Waals surface area contributed by atoms with Gasteiger partial charge in [-0.25, -0.2) is 0 Å². The molecule has 0 unspecified atom stereocenters. The first-order valence-corrected chi connectivity index (χ1v) is 5.61. The number of hydrogen-bond donors (Lipinski definition) is 2. The Hall–Kier alpha value is -0.570. The molecule has 0 aromatic carbocycles. The summed E-state index contributed by atoms with van der Waals surface area (Å²) in [5.41, 5.74) is 5.66. The fourth-order valence-electron chi connectivity index (χ4n) is 1.30. The molecule has 0 radical (unpaired) electrons. The molecule has 0 saturated carbocycles. The smallest absolute Gasteiger partial charge is 0.236 e. The highest BCUT2D eigenvalue weighted by molar-refractivity contribution is 5.81. The van der Waals surface area contributed by atoms with Gasteiger partial charge in [-0.3, -0.25) is 4.79 Å². The van der Waals surface area contributed by atoms with Gasteiger partial charge in [0.05, 0.1) is 6.04 Å². The molecule has 0 spiro atoms. The third kappa shape index (κ3) is 6.89. The van der Waals surface area contributed by atoms with Crippen LogP contribution in [0.4, 0.5) is 0 Å². The highest BCUT2D eigenvalue weighted by Crippen LogP contribution is 2.01. The van der Waals surface area contributed by atoms with Gasteiger partial charge < -0.3 is 11.1 Å². The fourth-order valence-corrected chi connectivity index (χ4v) is 1.30. The predicted octanol–water partition coefficient (Wildman–Crippen LogP) is 1.67. The van der Waals surface area contributed by atoms with Crippen LogP contribution in [0.3, 0.4) is 0 Å². The van der Waals surface area contributed by atoms with Gasteiger partial charge in [-0.05, 0) is 25.2 Å². The number of carbonyl (C=O) groups excluding carboxylic acids is 1. The van der Waals surface area contributed by atoms with Crippen LogP contribution in [0.15, 0.2) is 0 Å². The van der Waals surface area contributed by atoms with Gasteiger partial charge >= 0.3 is 0 Å². The Morgan fingerprint density at radius 2 is 2.00 bits per heavy atom. The average molecular weight is 200 g/mol. The van der Waals surface area contributed by atoms with E-state index in [9.17, 15) is 4.79 Å². The second-order valence-corrected chi connectivity index (χ2v) is 4.22. The molecule has 3 N–H and O–H groups in total. The maximum atomic E-state index is 11.3. The van der Waals surface area contributed by atoms with Crippen LogP contribution in [0.5, 0.6) is 0 Å². The maximum absolute atomic E-state index is 11.3. The SMILES string of the molecule is CCC[C@@H](N)C(=O)NCCCC(C)C. The number of nitrogens with one attached hydrogen (secondary N) is 1. The van der Waals surface area contributed by atoms with Crippen LogP contribution < -0.4 is 11.1 Å². The summed E-state index contributed by atoms with van der Waals surface area (Å²) in [6, 6.07) is -0.320. The average Bonchev–Trinajstić information content (AvgIpc) is 2.12. The molecule has 0 aliphatic rings. The van der Waals surface area contributed by atoms with Crippen LogP contribution in [0, 0.1) is 5.92 Å². The van der Waals surface area contributed by atoms with E-state index in [4.69, 9.17) is 5.73 Å². The quantitative estimate of drug-likeness (QED) is 0.614. The molecule has 0 aromatic rings. The second kappa shape index (κ2) is 7.80. The van der Waals surface area contributed by atoms with Crippen molar-refractivity contribution >= 4 is 5.91 Å². The van der Waals surface area contributed by atoms with Crippen molar-refractivity contribution in [3.63, 3.8) is 0 Å². The standard InChI is InChI=1S/C11H24N2O/c1-4-6-10(12)11(14)13-8-5-7-9(2)3/h9-10H,4-8,12H2,1-3H3,(H,13,14)/t10-/m1/s1. The minimum Gasteiger partial charge on any atom is -0.355 e. The molecule has 1 amide bonds. The first-order valence-electron chi connectivity index (χ1n) is 5.61. The van der Waals surface area contributed by atoms with Gasteiger partial charge in [-0.2, -0.15) is 0 Å². The lowest BCUT2D eigenvalue weighted by Gasteiger charge is -2.11. The summed E-state index contributed by atoms with van der Waals surface area (Å²) in [7, 11) is 0. The minimum atomic E-state index is -0.320. The Kier molecular flexibility index (Phi) is 7.48. The molecular formula is C11H24N2O. The second-order valence-electron chi connectivity index (χ2n) is 4.22. The van der Waals surface area contributed by atoms with Gasteiger partial charge in [0.2, 0.25) is 5.91 Å². The Balaban J connectivity index is 3.44. The highest BCUT2D eigenvalue weighted by Gasteiger charge is 2.10.